The number of rotatable bonds is 5. The van der Waals surface area contributed by atoms with Gasteiger partial charge in [0, 0.05) is 11.0 Å². The smallest absolute Gasteiger partial charge is 0.230 e. The van der Waals surface area contributed by atoms with Crippen LogP contribution in [0.3, 0.4) is 0 Å². The van der Waals surface area contributed by atoms with Gasteiger partial charge in [0.05, 0.1) is 5.41 Å². The molecule has 3 rings (SSSR count). The molecule has 0 aliphatic heterocycles. The molecule has 0 heterocycles. The Hall–Kier alpha value is -1.68. The van der Waals surface area contributed by atoms with E-state index in [0.29, 0.717) is 13.0 Å². The molecule has 0 bridgehead atoms. The van der Waals surface area contributed by atoms with Crippen LogP contribution in [0, 0.1) is 5.82 Å². The van der Waals surface area contributed by atoms with Gasteiger partial charge in [-0.05, 0) is 54.7 Å². The maximum atomic E-state index is 12.8. The lowest BCUT2D eigenvalue weighted by molar-refractivity contribution is -0.123. The van der Waals surface area contributed by atoms with E-state index in [2.05, 4.69) is 21.2 Å². The van der Waals surface area contributed by atoms with Gasteiger partial charge in [0.2, 0.25) is 5.91 Å². The highest BCUT2D eigenvalue weighted by molar-refractivity contribution is 9.10. The fourth-order valence-corrected chi connectivity index (χ4v) is 2.95. The van der Waals surface area contributed by atoms with E-state index >= 15 is 0 Å². The molecule has 1 aliphatic carbocycles. The maximum absolute atomic E-state index is 12.8. The van der Waals surface area contributed by atoms with Crippen molar-refractivity contribution in [2.75, 3.05) is 6.54 Å². The first-order valence-electron chi connectivity index (χ1n) is 7.39. The standard InChI is InChI=1S/C18H17BrFNO/c19-15-5-3-14(4-6-15)18(10-11-18)17(22)21-12-9-13-1-7-16(20)8-2-13/h1-8H,9-12H2,(H,21,22). The first kappa shape index (κ1) is 15.2. The van der Waals surface area contributed by atoms with Crippen LogP contribution < -0.4 is 5.32 Å². The highest BCUT2D eigenvalue weighted by atomic mass is 79.9. The molecule has 1 fully saturated rings. The van der Waals surface area contributed by atoms with E-state index in [1.54, 1.807) is 12.1 Å². The predicted molar refractivity (Wildman–Crippen MR) is 88.2 cm³/mol. The van der Waals surface area contributed by atoms with Crippen LogP contribution in [-0.4, -0.2) is 12.5 Å². The van der Waals surface area contributed by atoms with Crippen molar-refractivity contribution in [1.82, 2.24) is 5.32 Å². The molecule has 1 N–H and O–H groups in total. The number of carbonyl (C=O) groups is 1. The second-order valence-corrected chi connectivity index (χ2v) is 6.64. The van der Waals surface area contributed by atoms with Crippen LogP contribution in [0.25, 0.3) is 0 Å². The van der Waals surface area contributed by atoms with Crippen LogP contribution in [0.15, 0.2) is 53.0 Å². The molecule has 2 aromatic rings. The Kier molecular flexibility index (Phi) is 4.30. The van der Waals surface area contributed by atoms with Gasteiger partial charge in [-0.15, -0.1) is 0 Å². The van der Waals surface area contributed by atoms with E-state index in [1.807, 2.05) is 24.3 Å². The van der Waals surface area contributed by atoms with E-state index < -0.39 is 0 Å². The molecule has 2 nitrogen and oxygen atoms in total. The summed E-state index contributed by atoms with van der Waals surface area (Å²) in [5, 5.41) is 3.02. The van der Waals surface area contributed by atoms with Crippen molar-refractivity contribution < 1.29 is 9.18 Å². The Labute approximate surface area is 137 Å². The fraction of sp³-hybridized carbons (Fsp3) is 0.278. The van der Waals surface area contributed by atoms with E-state index in [1.165, 1.54) is 12.1 Å². The molecule has 0 radical (unpaired) electrons. The average molecular weight is 362 g/mol. The highest BCUT2D eigenvalue weighted by Crippen LogP contribution is 2.48. The van der Waals surface area contributed by atoms with Gasteiger partial charge in [0.25, 0.3) is 0 Å². The van der Waals surface area contributed by atoms with E-state index in [-0.39, 0.29) is 17.1 Å². The minimum Gasteiger partial charge on any atom is -0.355 e. The topological polar surface area (TPSA) is 29.1 Å². The summed E-state index contributed by atoms with van der Waals surface area (Å²) in [5.74, 6) is -0.142. The lowest BCUT2D eigenvalue weighted by Crippen LogP contribution is -2.35. The summed E-state index contributed by atoms with van der Waals surface area (Å²) in [6.45, 7) is 0.572. The lowest BCUT2D eigenvalue weighted by atomic mass is 9.95. The Morgan fingerprint density at radius 1 is 1.09 bits per heavy atom. The average Bonchev–Trinajstić information content (AvgIpc) is 3.32. The van der Waals surface area contributed by atoms with Crippen LogP contribution in [0.5, 0.6) is 0 Å². The molecule has 0 saturated heterocycles. The second kappa shape index (κ2) is 6.21. The molecule has 0 unspecified atom stereocenters. The van der Waals surface area contributed by atoms with Crippen molar-refractivity contribution in [3.8, 4) is 0 Å². The third-order valence-electron chi connectivity index (χ3n) is 4.19. The minimum absolute atomic E-state index is 0.0944. The van der Waals surface area contributed by atoms with Gasteiger partial charge in [-0.2, -0.15) is 0 Å². The summed E-state index contributed by atoms with van der Waals surface area (Å²) in [4.78, 5) is 12.5. The van der Waals surface area contributed by atoms with Crippen molar-refractivity contribution in [2.24, 2.45) is 0 Å². The minimum atomic E-state index is -0.344. The van der Waals surface area contributed by atoms with Gasteiger partial charge in [-0.3, -0.25) is 4.79 Å². The lowest BCUT2D eigenvalue weighted by Gasteiger charge is -2.16. The van der Waals surface area contributed by atoms with E-state index in [4.69, 9.17) is 0 Å². The summed E-state index contributed by atoms with van der Waals surface area (Å²) in [6.07, 6.45) is 2.51. The third-order valence-corrected chi connectivity index (χ3v) is 4.72. The molecule has 1 aliphatic rings. The molecule has 0 aromatic heterocycles. The number of benzene rings is 2. The first-order chi connectivity index (χ1) is 10.6. The Bertz CT molecular complexity index is 662. The number of nitrogens with one attached hydrogen (secondary N) is 1. The first-order valence-corrected chi connectivity index (χ1v) is 8.18. The van der Waals surface area contributed by atoms with Gasteiger partial charge >= 0.3 is 0 Å². The van der Waals surface area contributed by atoms with Gasteiger partial charge in [0.1, 0.15) is 5.82 Å². The maximum Gasteiger partial charge on any atom is 0.230 e. The van der Waals surface area contributed by atoms with Crippen LogP contribution >= 0.6 is 15.9 Å². The summed E-state index contributed by atoms with van der Waals surface area (Å²) in [6, 6.07) is 14.4. The summed E-state index contributed by atoms with van der Waals surface area (Å²) in [5.41, 5.74) is 1.76. The SMILES string of the molecule is O=C(NCCc1ccc(F)cc1)C1(c2ccc(Br)cc2)CC1. The van der Waals surface area contributed by atoms with Gasteiger partial charge in [-0.1, -0.05) is 40.2 Å². The molecule has 22 heavy (non-hydrogen) atoms. The number of hydrogen-bond donors (Lipinski definition) is 1. The van der Waals surface area contributed by atoms with Crippen molar-refractivity contribution in [3.63, 3.8) is 0 Å². The van der Waals surface area contributed by atoms with Crippen LogP contribution in [0.1, 0.15) is 24.0 Å². The van der Waals surface area contributed by atoms with Crippen molar-refractivity contribution >= 4 is 21.8 Å². The van der Waals surface area contributed by atoms with Gasteiger partial charge in [0.15, 0.2) is 0 Å². The van der Waals surface area contributed by atoms with Crippen LogP contribution in [0.4, 0.5) is 4.39 Å². The van der Waals surface area contributed by atoms with Crippen LogP contribution in [0.2, 0.25) is 0 Å². The molecule has 1 saturated carbocycles. The number of hydrogen-bond acceptors (Lipinski definition) is 1. The van der Waals surface area contributed by atoms with E-state index in [9.17, 15) is 9.18 Å². The second-order valence-electron chi connectivity index (χ2n) is 5.72. The normalized spacial score (nSPS) is 15.4. The molecule has 1 amide bonds. The molecule has 4 heteroatoms. The number of carbonyl (C=O) groups excluding carboxylic acids is 1. The molecule has 0 atom stereocenters. The quantitative estimate of drug-likeness (QED) is 0.857. The zero-order valence-corrected chi connectivity index (χ0v) is 13.7. The summed E-state index contributed by atoms with van der Waals surface area (Å²) >= 11 is 3.42. The molecule has 0 spiro atoms. The number of halogens is 2. The molecular formula is C18H17BrFNO. The van der Waals surface area contributed by atoms with Crippen LogP contribution in [-0.2, 0) is 16.6 Å². The largest absolute Gasteiger partial charge is 0.355 e. The highest BCUT2D eigenvalue weighted by Gasteiger charge is 2.50. The monoisotopic (exact) mass is 361 g/mol. The van der Waals surface area contributed by atoms with Crippen molar-refractivity contribution in [2.45, 2.75) is 24.7 Å². The predicted octanol–water partition coefficient (Wildman–Crippen LogP) is 3.98. The third kappa shape index (κ3) is 3.22. The Morgan fingerprint density at radius 2 is 1.73 bits per heavy atom. The fourth-order valence-electron chi connectivity index (χ4n) is 2.68. The van der Waals surface area contributed by atoms with E-state index in [0.717, 1.165) is 28.4 Å². The summed E-state index contributed by atoms with van der Waals surface area (Å²) in [7, 11) is 0. The zero-order valence-electron chi connectivity index (χ0n) is 12.1. The molecule has 2 aromatic carbocycles. The summed E-state index contributed by atoms with van der Waals surface area (Å²) < 4.78 is 13.9. The Balaban J connectivity index is 1.57. The zero-order chi connectivity index (χ0) is 15.6. The van der Waals surface area contributed by atoms with Gasteiger partial charge < -0.3 is 5.32 Å². The van der Waals surface area contributed by atoms with Gasteiger partial charge in [-0.25, -0.2) is 4.39 Å². The molecule has 114 valence electrons. The Morgan fingerprint density at radius 3 is 2.32 bits per heavy atom. The van der Waals surface area contributed by atoms with Crippen molar-refractivity contribution in [1.29, 1.82) is 0 Å². The number of amides is 1. The molecular weight excluding hydrogens is 345 g/mol. The van der Waals surface area contributed by atoms with Crippen molar-refractivity contribution in [3.05, 3.63) is 69.9 Å².